The van der Waals surface area contributed by atoms with Gasteiger partial charge in [-0.05, 0) is 81.7 Å². The third-order valence-corrected chi connectivity index (χ3v) is 7.45. The van der Waals surface area contributed by atoms with Gasteiger partial charge in [-0.1, -0.05) is 0 Å². The number of rotatable bonds is 4. The quantitative estimate of drug-likeness (QED) is 0.556. The van der Waals surface area contributed by atoms with E-state index in [4.69, 9.17) is 4.74 Å². The van der Waals surface area contributed by atoms with Gasteiger partial charge in [0.15, 0.2) is 5.65 Å². The summed E-state index contributed by atoms with van der Waals surface area (Å²) in [5.74, 6) is 0.107. The number of hydrogen-bond donors (Lipinski definition) is 1. The van der Waals surface area contributed by atoms with Gasteiger partial charge in [0.25, 0.3) is 11.8 Å². The average Bonchev–Trinajstić information content (AvgIpc) is 3.55. The third kappa shape index (κ3) is 4.59. The predicted molar refractivity (Wildman–Crippen MR) is 140 cm³/mol. The minimum absolute atomic E-state index is 0.0299. The second kappa shape index (κ2) is 9.11. The highest BCUT2D eigenvalue weighted by Gasteiger charge is 2.38. The summed E-state index contributed by atoms with van der Waals surface area (Å²) in [4.78, 5) is 47.1. The number of anilines is 1. The van der Waals surface area contributed by atoms with Crippen molar-refractivity contribution in [2.45, 2.75) is 70.6 Å². The molecule has 2 aliphatic heterocycles. The van der Waals surface area contributed by atoms with Crippen molar-refractivity contribution < 1.29 is 19.1 Å². The molecule has 0 unspecified atom stereocenters. The molecule has 0 spiro atoms. The van der Waals surface area contributed by atoms with Crippen LogP contribution >= 0.6 is 0 Å². The molecule has 2 aromatic heterocycles. The molecule has 3 amide bonds. The molecule has 1 aliphatic carbocycles. The van der Waals surface area contributed by atoms with Crippen LogP contribution in [-0.2, 0) is 11.3 Å². The summed E-state index contributed by atoms with van der Waals surface area (Å²) in [7, 11) is 0. The summed E-state index contributed by atoms with van der Waals surface area (Å²) in [6.45, 7) is 7.19. The minimum Gasteiger partial charge on any atom is -0.444 e. The third-order valence-electron chi connectivity index (χ3n) is 7.45. The Kier molecular flexibility index (Phi) is 5.85. The summed E-state index contributed by atoms with van der Waals surface area (Å²) < 4.78 is 7.08. The van der Waals surface area contributed by atoms with Crippen LogP contribution < -0.4 is 5.32 Å². The molecule has 1 N–H and O–H groups in total. The number of amides is 3. The van der Waals surface area contributed by atoms with Crippen LogP contribution in [0.3, 0.4) is 0 Å². The Labute approximate surface area is 221 Å². The molecule has 2 fully saturated rings. The number of nitrogens with one attached hydrogen (secondary N) is 1. The maximum Gasteiger partial charge on any atom is 0.410 e. The Morgan fingerprint density at radius 2 is 1.87 bits per heavy atom. The molecule has 1 saturated carbocycles. The Hall–Kier alpha value is -3.95. The smallest absolute Gasteiger partial charge is 0.410 e. The van der Waals surface area contributed by atoms with E-state index in [1.54, 1.807) is 27.9 Å². The van der Waals surface area contributed by atoms with Gasteiger partial charge in [0.2, 0.25) is 0 Å². The normalized spacial score (nSPS) is 18.1. The maximum atomic E-state index is 13.5. The standard InChI is InChI=1S/C28H32N6O4/c1-28(2,3)38-27(37)32-11-7-19(8-12-32)33-16-18-13-23(20(17-5-6-17)14-21(18)26(33)36)31-25(35)22-15-30-34-10-4-9-29-24(22)34/h4,9-10,13-15,17,19H,5-8,11-12,16H2,1-3H3,(H,31,35). The summed E-state index contributed by atoms with van der Waals surface area (Å²) in [6, 6.07) is 5.77. The number of carbonyl (C=O) groups excluding carboxylic acids is 3. The zero-order valence-corrected chi connectivity index (χ0v) is 21.9. The molecule has 38 heavy (non-hydrogen) atoms. The number of carbonyl (C=O) groups is 3. The predicted octanol–water partition coefficient (Wildman–Crippen LogP) is 4.21. The second-order valence-electron chi connectivity index (χ2n) is 11.4. The molecule has 1 saturated heterocycles. The van der Waals surface area contributed by atoms with Crippen LogP contribution in [0.1, 0.15) is 84.2 Å². The largest absolute Gasteiger partial charge is 0.444 e. The maximum absolute atomic E-state index is 13.5. The lowest BCUT2D eigenvalue weighted by Crippen LogP contribution is -2.48. The fourth-order valence-electron chi connectivity index (χ4n) is 5.40. The highest BCUT2D eigenvalue weighted by Crippen LogP contribution is 2.45. The van der Waals surface area contributed by atoms with Crippen molar-refractivity contribution in [1.29, 1.82) is 0 Å². The van der Waals surface area contributed by atoms with Crippen molar-refractivity contribution in [2.75, 3.05) is 18.4 Å². The van der Waals surface area contributed by atoms with E-state index in [1.165, 1.54) is 6.20 Å². The molecule has 3 aromatic rings. The lowest BCUT2D eigenvalue weighted by Gasteiger charge is -2.37. The molecular formula is C28H32N6O4. The van der Waals surface area contributed by atoms with Gasteiger partial charge >= 0.3 is 6.09 Å². The monoisotopic (exact) mass is 516 g/mol. The van der Waals surface area contributed by atoms with Crippen molar-refractivity contribution in [3.8, 4) is 0 Å². The van der Waals surface area contributed by atoms with E-state index in [2.05, 4.69) is 15.4 Å². The van der Waals surface area contributed by atoms with Crippen LogP contribution in [0.4, 0.5) is 10.5 Å². The molecule has 4 heterocycles. The van der Waals surface area contributed by atoms with E-state index < -0.39 is 5.60 Å². The van der Waals surface area contributed by atoms with Crippen molar-refractivity contribution in [3.05, 3.63) is 59.0 Å². The van der Waals surface area contributed by atoms with Crippen LogP contribution in [-0.4, -0.2) is 67.0 Å². The fourth-order valence-corrected chi connectivity index (χ4v) is 5.40. The molecular weight excluding hydrogens is 484 g/mol. The first-order valence-electron chi connectivity index (χ1n) is 13.2. The molecule has 1 aromatic carbocycles. The van der Waals surface area contributed by atoms with Gasteiger partial charge in [-0.2, -0.15) is 5.10 Å². The fraction of sp³-hybridized carbons (Fsp3) is 0.464. The lowest BCUT2D eigenvalue weighted by atomic mass is 10.0. The van der Waals surface area contributed by atoms with Crippen LogP contribution in [0, 0.1) is 0 Å². The van der Waals surface area contributed by atoms with Gasteiger partial charge in [0.1, 0.15) is 11.2 Å². The van der Waals surface area contributed by atoms with Crippen molar-refractivity contribution >= 4 is 29.2 Å². The highest BCUT2D eigenvalue weighted by molar-refractivity contribution is 6.09. The van der Waals surface area contributed by atoms with Gasteiger partial charge in [-0.15, -0.1) is 0 Å². The number of aromatic nitrogens is 3. The number of ether oxygens (including phenoxy) is 1. The summed E-state index contributed by atoms with van der Waals surface area (Å²) in [5.41, 5.74) is 3.77. The zero-order valence-electron chi connectivity index (χ0n) is 21.9. The number of benzene rings is 1. The Balaban J connectivity index is 1.18. The SMILES string of the molecule is CC(C)(C)OC(=O)N1CCC(N2Cc3cc(NC(=O)c4cnn5cccnc45)c(C4CC4)cc3C2=O)CC1. The summed E-state index contributed by atoms with van der Waals surface area (Å²) in [5, 5.41) is 7.31. The topological polar surface area (TPSA) is 109 Å². The highest BCUT2D eigenvalue weighted by atomic mass is 16.6. The lowest BCUT2D eigenvalue weighted by molar-refractivity contribution is 0.0148. The van der Waals surface area contributed by atoms with Crippen LogP contribution in [0.5, 0.6) is 0 Å². The van der Waals surface area contributed by atoms with Crippen LogP contribution in [0.25, 0.3) is 5.65 Å². The van der Waals surface area contributed by atoms with Crippen molar-refractivity contribution in [3.63, 3.8) is 0 Å². The van der Waals surface area contributed by atoms with Crippen LogP contribution in [0.15, 0.2) is 36.8 Å². The van der Waals surface area contributed by atoms with E-state index in [0.29, 0.717) is 49.6 Å². The van der Waals surface area contributed by atoms with Gasteiger partial charge in [0.05, 0.1) is 6.20 Å². The molecule has 0 atom stereocenters. The van der Waals surface area contributed by atoms with E-state index in [9.17, 15) is 14.4 Å². The van der Waals surface area contributed by atoms with Gasteiger partial charge in [-0.3, -0.25) is 9.59 Å². The molecule has 0 radical (unpaired) electrons. The van der Waals surface area contributed by atoms with Crippen molar-refractivity contribution in [1.82, 2.24) is 24.4 Å². The first kappa shape index (κ1) is 24.4. The van der Waals surface area contributed by atoms with E-state index in [1.807, 2.05) is 37.8 Å². The first-order valence-corrected chi connectivity index (χ1v) is 13.2. The Morgan fingerprint density at radius 3 is 2.58 bits per heavy atom. The Morgan fingerprint density at radius 1 is 1.11 bits per heavy atom. The van der Waals surface area contributed by atoms with Crippen molar-refractivity contribution in [2.24, 2.45) is 0 Å². The molecule has 3 aliphatic rings. The molecule has 6 rings (SSSR count). The summed E-state index contributed by atoms with van der Waals surface area (Å²) >= 11 is 0. The number of piperidine rings is 1. The zero-order chi connectivity index (χ0) is 26.6. The number of likely N-dealkylation sites (tertiary alicyclic amines) is 1. The average molecular weight is 517 g/mol. The molecule has 10 nitrogen and oxygen atoms in total. The summed E-state index contributed by atoms with van der Waals surface area (Å²) in [6.07, 6.45) is 8.11. The van der Waals surface area contributed by atoms with Gasteiger partial charge < -0.3 is 19.9 Å². The number of nitrogens with zero attached hydrogens (tertiary/aromatic N) is 5. The molecule has 198 valence electrons. The Bertz CT molecular complexity index is 1430. The number of hydrogen-bond acceptors (Lipinski definition) is 6. The number of fused-ring (bicyclic) bond motifs is 2. The van der Waals surface area contributed by atoms with E-state index >= 15 is 0 Å². The van der Waals surface area contributed by atoms with Gasteiger partial charge in [-0.25, -0.2) is 14.3 Å². The first-order chi connectivity index (χ1) is 18.2. The van der Waals surface area contributed by atoms with E-state index in [-0.39, 0.29) is 23.9 Å². The molecule has 0 bridgehead atoms. The van der Waals surface area contributed by atoms with Gasteiger partial charge in [0, 0.05) is 49.3 Å². The second-order valence-corrected chi connectivity index (χ2v) is 11.4. The van der Waals surface area contributed by atoms with Crippen LogP contribution in [0.2, 0.25) is 0 Å². The van der Waals surface area contributed by atoms with E-state index in [0.717, 1.165) is 35.2 Å². The molecule has 10 heteroatoms. The minimum atomic E-state index is -0.533.